The molecule has 0 fully saturated rings. The minimum absolute atomic E-state index is 0.0438. The lowest BCUT2D eigenvalue weighted by Gasteiger charge is -2.22. The maximum atomic E-state index is 11.7. The summed E-state index contributed by atoms with van der Waals surface area (Å²) in [4.78, 5) is 15.9. The van der Waals surface area contributed by atoms with Gasteiger partial charge in [-0.05, 0) is 36.8 Å². The van der Waals surface area contributed by atoms with Crippen LogP contribution in [0.15, 0.2) is 67.0 Å². The highest BCUT2D eigenvalue weighted by atomic mass is 16.5. The molecule has 118 valence electrons. The standard InChI is InChI=1S/C20H16N2O2/c23-19-11-9-17-18(22-19)10-8-16(14-5-4-12-21-13-14)20(17)24-15-6-2-1-3-7-15/h1-8,10,12-13H,9,11H2,(H,22,23). The highest BCUT2D eigenvalue weighted by Crippen LogP contribution is 2.41. The van der Waals surface area contributed by atoms with Crippen molar-refractivity contribution in [2.24, 2.45) is 0 Å². The lowest BCUT2D eigenvalue weighted by Crippen LogP contribution is -2.19. The number of pyridine rings is 1. The molecular formula is C20H16N2O2. The van der Waals surface area contributed by atoms with Gasteiger partial charge in [-0.2, -0.15) is 0 Å². The monoisotopic (exact) mass is 316 g/mol. The molecule has 24 heavy (non-hydrogen) atoms. The van der Waals surface area contributed by atoms with Gasteiger partial charge in [-0.3, -0.25) is 9.78 Å². The normalized spacial score (nSPS) is 13.1. The number of hydrogen-bond donors (Lipinski definition) is 1. The van der Waals surface area contributed by atoms with E-state index < -0.39 is 0 Å². The van der Waals surface area contributed by atoms with Crippen LogP contribution in [-0.2, 0) is 11.2 Å². The van der Waals surface area contributed by atoms with Crippen molar-refractivity contribution < 1.29 is 9.53 Å². The van der Waals surface area contributed by atoms with Crippen LogP contribution in [0, 0.1) is 0 Å². The van der Waals surface area contributed by atoms with Crippen LogP contribution in [0.4, 0.5) is 5.69 Å². The molecular weight excluding hydrogens is 300 g/mol. The number of aromatic nitrogens is 1. The Kier molecular flexibility index (Phi) is 3.71. The molecule has 1 aliphatic rings. The van der Waals surface area contributed by atoms with Gasteiger partial charge < -0.3 is 10.1 Å². The molecule has 1 aliphatic heterocycles. The van der Waals surface area contributed by atoms with E-state index in [1.54, 1.807) is 6.20 Å². The summed E-state index contributed by atoms with van der Waals surface area (Å²) in [7, 11) is 0. The van der Waals surface area contributed by atoms with E-state index in [0.717, 1.165) is 33.9 Å². The van der Waals surface area contributed by atoms with Gasteiger partial charge in [-0.15, -0.1) is 0 Å². The van der Waals surface area contributed by atoms with Crippen molar-refractivity contribution in [3.63, 3.8) is 0 Å². The Hall–Kier alpha value is -3.14. The van der Waals surface area contributed by atoms with Gasteiger partial charge in [0.1, 0.15) is 11.5 Å². The first-order chi connectivity index (χ1) is 11.8. The van der Waals surface area contributed by atoms with Crippen LogP contribution in [0.5, 0.6) is 11.5 Å². The molecule has 1 aromatic heterocycles. The number of carbonyl (C=O) groups is 1. The summed E-state index contributed by atoms with van der Waals surface area (Å²) in [5.41, 5.74) is 3.81. The zero-order valence-corrected chi connectivity index (χ0v) is 13.0. The van der Waals surface area contributed by atoms with Crippen LogP contribution in [0.25, 0.3) is 11.1 Å². The first-order valence-electron chi connectivity index (χ1n) is 7.90. The number of ether oxygens (including phenoxy) is 1. The lowest BCUT2D eigenvalue weighted by atomic mass is 9.96. The summed E-state index contributed by atoms with van der Waals surface area (Å²) in [5.74, 6) is 1.60. The summed E-state index contributed by atoms with van der Waals surface area (Å²) in [5, 5.41) is 2.93. The second-order valence-electron chi connectivity index (χ2n) is 5.67. The molecule has 0 saturated carbocycles. The van der Waals surface area contributed by atoms with E-state index in [-0.39, 0.29) is 5.91 Å². The predicted octanol–water partition coefficient (Wildman–Crippen LogP) is 4.43. The summed E-state index contributed by atoms with van der Waals surface area (Å²) >= 11 is 0. The van der Waals surface area contributed by atoms with Gasteiger partial charge in [0.15, 0.2) is 0 Å². The second-order valence-corrected chi connectivity index (χ2v) is 5.67. The van der Waals surface area contributed by atoms with Crippen molar-refractivity contribution >= 4 is 11.6 Å². The fourth-order valence-electron chi connectivity index (χ4n) is 2.92. The van der Waals surface area contributed by atoms with E-state index in [1.165, 1.54) is 0 Å². The van der Waals surface area contributed by atoms with E-state index in [0.29, 0.717) is 12.8 Å². The molecule has 0 radical (unpaired) electrons. The summed E-state index contributed by atoms with van der Waals surface area (Å²) in [6, 6.07) is 17.5. The Morgan fingerprint density at radius 2 is 1.83 bits per heavy atom. The van der Waals surface area contributed by atoms with E-state index >= 15 is 0 Å². The molecule has 0 unspecified atom stereocenters. The van der Waals surface area contributed by atoms with E-state index in [9.17, 15) is 4.79 Å². The minimum Gasteiger partial charge on any atom is -0.456 e. The zero-order valence-electron chi connectivity index (χ0n) is 13.0. The topological polar surface area (TPSA) is 51.2 Å². The molecule has 1 amide bonds. The van der Waals surface area contributed by atoms with Crippen LogP contribution in [-0.4, -0.2) is 10.9 Å². The number of carbonyl (C=O) groups excluding carboxylic acids is 1. The van der Waals surface area contributed by atoms with Crippen LogP contribution >= 0.6 is 0 Å². The molecule has 1 N–H and O–H groups in total. The molecule has 4 nitrogen and oxygen atoms in total. The average molecular weight is 316 g/mol. The molecule has 0 atom stereocenters. The van der Waals surface area contributed by atoms with Gasteiger partial charge in [0.05, 0.1) is 0 Å². The van der Waals surface area contributed by atoms with Crippen molar-refractivity contribution in [3.05, 3.63) is 72.6 Å². The van der Waals surface area contributed by atoms with Crippen molar-refractivity contribution in [2.75, 3.05) is 5.32 Å². The summed E-state index contributed by atoms with van der Waals surface area (Å²) in [6.45, 7) is 0. The summed E-state index contributed by atoms with van der Waals surface area (Å²) in [6.07, 6.45) is 4.70. The van der Waals surface area contributed by atoms with Crippen molar-refractivity contribution in [1.29, 1.82) is 0 Å². The molecule has 3 aromatic rings. The molecule has 2 heterocycles. The summed E-state index contributed by atoms with van der Waals surface area (Å²) < 4.78 is 6.22. The van der Waals surface area contributed by atoms with Gasteiger partial charge in [-0.1, -0.05) is 24.3 Å². The number of nitrogens with one attached hydrogen (secondary N) is 1. The van der Waals surface area contributed by atoms with Gasteiger partial charge in [0.25, 0.3) is 0 Å². The number of para-hydroxylation sites is 1. The highest BCUT2D eigenvalue weighted by molar-refractivity contribution is 5.95. The predicted molar refractivity (Wildman–Crippen MR) is 93.1 cm³/mol. The van der Waals surface area contributed by atoms with E-state index in [1.807, 2.05) is 60.8 Å². The molecule has 0 spiro atoms. The highest BCUT2D eigenvalue weighted by Gasteiger charge is 2.22. The number of nitrogens with zero attached hydrogens (tertiary/aromatic N) is 1. The van der Waals surface area contributed by atoms with Crippen LogP contribution in [0.1, 0.15) is 12.0 Å². The largest absolute Gasteiger partial charge is 0.456 e. The van der Waals surface area contributed by atoms with E-state index in [2.05, 4.69) is 10.3 Å². The fraction of sp³-hybridized carbons (Fsp3) is 0.100. The number of rotatable bonds is 3. The van der Waals surface area contributed by atoms with Crippen molar-refractivity contribution in [3.8, 4) is 22.6 Å². The van der Waals surface area contributed by atoms with Gasteiger partial charge in [0.2, 0.25) is 5.91 Å². The Labute approximate surface area is 140 Å². The van der Waals surface area contributed by atoms with Crippen LogP contribution in [0.2, 0.25) is 0 Å². The fourth-order valence-corrected chi connectivity index (χ4v) is 2.92. The quantitative estimate of drug-likeness (QED) is 0.778. The third-order valence-corrected chi connectivity index (χ3v) is 4.07. The van der Waals surface area contributed by atoms with Crippen LogP contribution < -0.4 is 10.1 Å². The Balaban J connectivity index is 1.86. The molecule has 4 rings (SSSR count). The number of anilines is 1. The third-order valence-electron chi connectivity index (χ3n) is 4.07. The second kappa shape index (κ2) is 6.16. The van der Waals surface area contributed by atoms with Crippen LogP contribution in [0.3, 0.4) is 0 Å². The average Bonchev–Trinajstić information content (AvgIpc) is 2.63. The van der Waals surface area contributed by atoms with Gasteiger partial charge >= 0.3 is 0 Å². The maximum absolute atomic E-state index is 11.7. The Morgan fingerprint density at radius 1 is 0.958 bits per heavy atom. The van der Waals surface area contributed by atoms with Crippen molar-refractivity contribution in [1.82, 2.24) is 4.98 Å². The number of benzene rings is 2. The zero-order chi connectivity index (χ0) is 16.4. The smallest absolute Gasteiger partial charge is 0.224 e. The first-order valence-corrected chi connectivity index (χ1v) is 7.90. The van der Waals surface area contributed by atoms with Gasteiger partial charge in [0, 0.05) is 41.2 Å². The van der Waals surface area contributed by atoms with E-state index in [4.69, 9.17) is 4.74 Å². The van der Waals surface area contributed by atoms with Gasteiger partial charge in [-0.25, -0.2) is 0 Å². The molecule has 0 bridgehead atoms. The number of fused-ring (bicyclic) bond motifs is 1. The molecule has 2 aromatic carbocycles. The third kappa shape index (κ3) is 2.74. The Morgan fingerprint density at radius 3 is 2.62 bits per heavy atom. The SMILES string of the molecule is O=C1CCc2c(ccc(-c3cccnc3)c2Oc2ccccc2)N1. The van der Waals surface area contributed by atoms with Crippen molar-refractivity contribution in [2.45, 2.75) is 12.8 Å². The minimum atomic E-state index is 0.0438. The molecule has 4 heteroatoms. The maximum Gasteiger partial charge on any atom is 0.224 e. The lowest BCUT2D eigenvalue weighted by molar-refractivity contribution is -0.116. The molecule has 0 saturated heterocycles. The molecule has 0 aliphatic carbocycles. The first kappa shape index (κ1) is 14.5. The number of amides is 1. The Bertz CT molecular complexity index is 877. The number of hydrogen-bond acceptors (Lipinski definition) is 3.